The van der Waals surface area contributed by atoms with Crippen LogP contribution in [0.4, 0.5) is 0 Å². The number of rotatable bonds is 2. The number of carbonyl (C=O) groups excluding carboxylic acids is 1. The Bertz CT molecular complexity index is 231. The van der Waals surface area contributed by atoms with E-state index in [4.69, 9.17) is 0 Å². The van der Waals surface area contributed by atoms with Crippen molar-refractivity contribution in [2.75, 3.05) is 13.2 Å². The molecule has 1 amide bonds. The van der Waals surface area contributed by atoms with Crippen LogP contribution >= 0.6 is 0 Å². The van der Waals surface area contributed by atoms with Gasteiger partial charge in [0.05, 0.1) is 12.2 Å². The van der Waals surface area contributed by atoms with Crippen LogP contribution in [0.2, 0.25) is 0 Å². The molecule has 1 heterocycles. The summed E-state index contributed by atoms with van der Waals surface area (Å²) in [5.74, 6) is 1.19. The van der Waals surface area contributed by atoms with Crippen molar-refractivity contribution in [3.05, 3.63) is 0 Å². The Kier molecular flexibility index (Phi) is 1.16. The highest BCUT2D eigenvalue weighted by atomic mass is 16.2. The molecule has 3 rings (SSSR count). The number of nitrogens with one attached hydrogen (secondary N) is 1. The molecule has 0 aromatic heterocycles. The maximum Gasteiger partial charge on any atom is 0.243 e. The first-order chi connectivity index (χ1) is 5.80. The Morgan fingerprint density at radius 3 is 2.75 bits per heavy atom. The fourth-order valence-corrected chi connectivity index (χ4v) is 1.97. The van der Waals surface area contributed by atoms with Crippen molar-refractivity contribution < 1.29 is 4.79 Å². The third-order valence-electron chi connectivity index (χ3n) is 3.23. The minimum Gasteiger partial charge on any atom is -0.328 e. The van der Waals surface area contributed by atoms with Crippen molar-refractivity contribution in [3.63, 3.8) is 0 Å². The van der Waals surface area contributed by atoms with Crippen molar-refractivity contribution in [2.24, 2.45) is 5.92 Å². The lowest BCUT2D eigenvalue weighted by Gasteiger charge is -2.13. The van der Waals surface area contributed by atoms with Crippen LogP contribution in [-0.2, 0) is 4.79 Å². The van der Waals surface area contributed by atoms with Crippen molar-refractivity contribution >= 4 is 5.91 Å². The smallest absolute Gasteiger partial charge is 0.243 e. The number of hydrogen-bond donors (Lipinski definition) is 1. The van der Waals surface area contributed by atoms with Crippen LogP contribution in [0.1, 0.15) is 25.7 Å². The van der Waals surface area contributed by atoms with E-state index in [-0.39, 0.29) is 5.54 Å². The summed E-state index contributed by atoms with van der Waals surface area (Å²) in [4.78, 5) is 13.7. The zero-order valence-corrected chi connectivity index (χ0v) is 7.18. The van der Waals surface area contributed by atoms with Gasteiger partial charge in [0.1, 0.15) is 0 Å². The Balaban J connectivity index is 1.68. The fourth-order valence-electron chi connectivity index (χ4n) is 1.97. The van der Waals surface area contributed by atoms with Crippen LogP contribution in [-0.4, -0.2) is 29.6 Å². The highest BCUT2D eigenvalue weighted by Crippen LogP contribution is 2.41. The summed E-state index contributed by atoms with van der Waals surface area (Å²) in [7, 11) is 0. The molecule has 3 aliphatic rings. The van der Waals surface area contributed by atoms with Gasteiger partial charge < -0.3 is 4.90 Å². The topological polar surface area (TPSA) is 32.3 Å². The number of hydrogen-bond acceptors (Lipinski definition) is 2. The molecule has 1 saturated heterocycles. The largest absolute Gasteiger partial charge is 0.328 e. The number of nitrogens with zero attached hydrogens (tertiary/aromatic N) is 1. The van der Waals surface area contributed by atoms with Crippen LogP contribution in [0, 0.1) is 5.92 Å². The van der Waals surface area contributed by atoms with Crippen LogP contribution in [0.25, 0.3) is 0 Å². The zero-order valence-electron chi connectivity index (χ0n) is 7.18. The number of amides is 1. The Labute approximate surface area is 72.1 Å². The van der Waals surface area contributed by atoms with Crippen molar-refractivity contribution in [1.82, 2.24) is 10.2 Å². The van der Waals surface area contributed by atoms with E-state index in [1.807, 2.05) is 4.90 Å². The first-order valence-electron chi connectivity index (χ1n) is 4.85. The quantitative estimate of drug-likeness (QED) is 0.640. The van der Waals surface area contributed by atoms with E-state index in [9.17, 15) is 4.79 Å². The molecule has 0 aromatic rings. The summed E-state index contributed by atoms with van der Waals surface area (Å²) in [5.41, 5.74) is -0.0745. The highest BCUT2D eigenvalue weighted by molar-refractivity contribution is 5.91. The Hall–Kier alpha value is -0.570. The fraction of sp³-hybridized carbons (Fsp3) is 0.889. The average molecular weight is 166 g/mol. The molecule has 0 bridgehead atoms. The second-order valence-electron chi connectivity index (χ2n) is 4.39. The molecule has 3 heteroatoms. The van der Waals surface area contributed by atoms with Gasteiger partial charge in [0.2, 0.25) is 5.91 Å². The van der Waals surface area contributed by atoms with E-state index >= 15 is 0 Å². The van der Waals surface area contributed by atoms with Crippen molar-refractivity contribution in [2.45, 2.75) is 31.2 Å². The van der Waals surface area contributed by atoms with Gasteiger partial charge in [-0.05, 0) is 31.6 Å². The molecule has 1 spiro atoms. The SMILES string of the molecule is O=C1N(CC2CC2)CNC12CC2. The maximum absolute atomic E-state index is 11.7. The molecular weight excluding hydrogens is 152 g/mol. The number of carbonyl (C=O) groups is 1. The van der Waals surface area contributed by atoms with Crippen LogP contribution in [0.5, 0.6) is 0 Å². The lowest BCUT2D eigenvalue weighted by Crippen LogP contribution is -2.33. The molecule has 66 valence electrons. The Morgan fingerprint density at radius 1 is 1.50 bits per heavy atom. The summed E-state index contributed by atoms with van der Waals surface area (Å²) >= 11 is 0. The van der Waals surface area contributed by atoms with Gasteiger partial charge in [-0.15, -0.1) is 0 Å². The van der Waals surface area contributed by atoms with Gasteiger partial charge in [0.15, 0.2) is 0 Å². The molecule has 12 heavy (non-hydrogen) atoms. The second-order valence-corrected chi connectivity index (χ2v) is 4.39. The molecule has 1 N–H and O–H groups in total. The predicted molar refractivity (Wildman–Crippen MR) is 44.4 cm³/mol. The normalized spacial score (nSPS) is 31.7. The van der Waals surface area contributed by atoms with Crippen LogP contribution in [0.3, 0.4) is 0 Å². The molecule has 3 fully saturated rings. The predicted octanol–water partition coefficient (Wildman–Crippen LogP) is 0.318. The van der Waals surface area contributed by atoms with Crippen LogP contribution < -0.4 is 5.32 Å². The third kappa shape index (κ3) is 0.891. The van der Waals surface area contributed by atoms with E-state index in [2.05, 4.69) is 5.32 Å². The lowest BCUT2D eigenvalue weighted by molar-refractivity contribution is -0.129. The van der Waals surface area contributed by atoms with E-state index in [1.165, 1.54) is 12.8 Å². The molecule has 0 aromatic carbocycles. The molecular formula is C9H14N2O. The average Bonchev–Trinajstić information content (AvgIpc) is 2.93. The maximum atomic E-state index is 11.7. The lowest BCUT2D eigenvalue weighted by atomic mass is 10.2. The van der Waals surface area contributed by atoms with E-state index in [0.29, 0.717) is 5.91 Å². The first kappa shape index (κ1) is 6.89. The van der Waals surface area contributed by atoms with E-state index < -0.39 is 0 Å². The monoisotopic (exact) mass is 166 g/mol. The summed E-state index contributed by atoms with van der Waals surface area (Å²) in [6.07, 6.45) is 4.79. The van der Waals surface area contributed by atoms with E-state index in [0.717, 1.165) is 32.0 Å². The molecule has 0 atom stereocenters. The third-order valence-corrected chi connectivity index (χ3v) is 3.23. The van der Waals surface area contributed by atoms with E-state index in [1.54, 1.807) is 0 Å². The summed E-state index contributed by atoms with van der Waals surface area (Å²) in [6.45, 7) is 1.81. The minimum atomic E-state index is -0.0745. The van der Waals surface area contributed by atoms with Gasteiger partial charge in [0.25, 0.3) is 0 Å². The molecule has 2 aliphatic carbocycles. The molecule has 1 aliphatic heterocycles. The summed E-state index contributed by atoms with van der Waals surface area (Å²) in [6, 6.07) is 0. The molecule has 2 saturated carbocycles. The van der Waals surface area contributed by atoms with Gasteiger partial charge in [-0.2, -0.15) is 0 Å². The molecule has 0 unspecified atom stereocenters. The van der Waals surface area contributed by atoms with Gasteiger partial charge in [-0.25, -0.2) is 0 Å². The van der Waals surface area contributed by atoms with Crippen molar-refractivity contribution in [1.29, 1.82) is 0 Å². The zero-order chi connectivity index (χ0) is 8.18. The Morgan fingerprint density at radius 2 is 2.25 bits per heavy atom. The standard InChI is InChI=1S/C9H14N2O/c12-8-9(3-4-9)10-6-11(8)5-7-1-2-7/h7,10H,1-6H2. The van der Waals surface area contributed by atoms with Crippen molar-refractivity contribution in [3.8, 4) is 0 Å². The second kappa shape index (κ2) is 2.02. The minimum absolute atomic E-state index is 0.0745. The van der Waals surface area contributed by atoms with Gasteiger partial charge in [0, 0.05) is 6.54 Å². The van der Waals surface area contributed by atoms with Gasteiger partial charge in [-0.3, -0.25) is 10.1 Å². The van der Waals surface area contributed by atoms with Gasteiger partial charge in [-0.1, -0.05) is 0 Å². The summed E-state index contributed by atoms with van der Waals surface area (Å²) < 4.78 is 0. The van der Waals surface area contributed by atoms with Gasteiger partial charge >= 0.3 is 0 Å². The summed E-state index contributed by atoms with van der Waals surface area (Å²) in [5, 5.41) is 3.32. The highest BCUT2D eigenvalue weighted by Gasteiger charge is 2.55. The molecule has 0 radical (unpaired) electrons. The first-order valence-corrected chi connectivity index (χ1v) is 4.85. The van der Waals surface area contributed by atoms with Crippen LogP contribution in [0.15, 0.2) is 0 Å². The molecule has 3 nitrogen and oxygen atoms in total.